The fourth-order valence-electron chi connectivity index (χ4n) is 2.65. The zero-order chi connectivity index (χ0) is 16.4. The Bertz CT molecular complexity index is 315. The highest BCUT2D eigenvalue weighted by molar-refractivity contribution is 5.82. The van der Waals surface area contributed by atoms with Gasteiger partial charge in [-0.05, 0) is 29.6 Å². The Morgan fingerprint density at radius 1 is 0.900 bits per heavy atom. The second kappa shape index (κ2) is 6.49. The number of carbonyl (C=O) groups is 1. The molecule has 20 heavy (non-hydrogen) atoms. The van der Waals surface area contributed by atoms with Crippen molar-refractivity contribution < 1.29 is 4.79 Å². The fraction of sp³-hybridized carbons (Fsp3) is 0.944. The molecule has 1 amide bonds. The lowest BCUT2D eigenvalue weighted by molar-refractivity contribution is -0.132. The van der Waals surface area contributed by atoms with Gasteiger partial charge in [-0.2, -0.15) is 0 Å². The molecule has 2 nitrogen and oxygen atoms in total. The predicted octanol–water partition coefficient (Wildman–Crippen LogP) is 5.03. The molecular formula is C18H37NO. The summed E-state index contributed by atoms with van der Waals surface area (Å²) in [7, 11) is 0. The van der Waals surface area contributed by atoms with E-state index in [9.17, 15) is 4.79 Å². The SMILES string of the molecule is CC(C)CC(C)(C)C(=O)NC(CC(C)(C)C)C(C)(C)C. The van der Waals surface area contributed by atoms with E-state index < -0.39 is 0 Å². The van der Waals surface area contributed by atoms with Crippen LogP contribution in [0.5, 0.6) is 0 Å². The van der Waals surface area contributed by atoms with E-state index in [0.717, 1.165) is 12.8 Å². The molecule has 0 aromatic heterocycles. The van der Waals surface area contributed by atoms with Gasteiger partial charge in [0.2, 0.25) is 5.91 Å². The van der Waals surface area contributed by atoms with Crippen LogP contribution in [0, 0.1) is 22.2 Å². The minimum Gasteiger partial charge on any atom is -0.352 e. The van der Waals surface area contributed by atoms with Crippen LogP contribution < -0.4 is 5.32 Å². The first-order chi connectivity index (χ1) is 8.65. The summed E-state index contributed by atoms with van der Waals surface area (Å²) in [5, 5.41) is 3.32. The van der Waals surface area contributed by atoms with E-state index in [1.54, 1.807) is 0 Å². The lowest BCUT2D eigenvalue weighted by atomic mass is 9.75. The molecule has 120 valence electrons. The van der Waals surface area contributed by atoms with E-state index in [1.165, 1.54) is 0 Å². The largest absolute Gasteiger partial charge is 0.352 e. The third kappa shape index (κ3) is 7.31. The van der Waals surface area contributed by atoms with Crippen molar-refractivity contribution in [3.8, 4) is 0 Å². The first kappa shape index (κ1) is 19.5. The molecule has 1 N–H and O–H groups in total. The fourth-order valence-corrected chi connectivity index (χ4v) is 2.65. The summed E-state index contributed by atoms with van der Waals surface area (Å²) >= 11 is 0. The van der Waals surface area contributed by atoms with Crippen molar-refractivity contribution in [2.75, 3.05) is 0 Å². The molecule has 0 heterocycles. The third-order valence-corrected chi connectivity index (χ3v) is 3.70. The summed E-state index contributed by atoms with van der Waals surface area (Å²) in [4.78, 5) is 12.6. The molecule has 2 heteroatoms. The van der Waals surface area contributed by atoms with Crippen LogP contribution in [0.3, 0.4) is 0 Å². The van der Waals surface area contributed by atoms with Crippen molar-refractivity contribution in [1.82, 2.24) is 5.32 Å². The summed E-state index contributed by atoms with van der Waals surface area (Å²) in [6.07, 6.45) is 1.92. The van der Waals surface area contributed by atoms with Crippen molar-refractivity contribution in [1.29, 1.82) is 0 Å². The van der Waals surface area contributed by atoms with Gasteiger partial charge in [0.1, 0.15) is 0 Å². The summed E-state index contributed by atoms with van der Waals surface area (Å²) < 4.78 is 0. The summed E-state index contributed by atoms with van der Waals surface area (Å²) in [5.41, 5.74) is -0.000179. The molecule has 0 aliphatic rings. The molecule has 1 atom stereocenters. The lowest BCUT2D eigenvalue weighted by Crippen LogP contribution is -2.50. The van der Waals surface area contributed by atoms with Gasteiger partial charge in [0.15, 0.2) is 0 Å². The highest BCUT2D eigenvalue weighted by Gasteiger charge is 2.35. The monoisotopic (exact) mass is 283 g/mol. The number of nitrogens with one attached hydrogen (secondary N) is 1. The Morgan fingerprint density at radius 2 is 1.35 bits per heavy atom. The lowest BCUT2D eigenvalue weighted by Gasteiger charge is -2.38. The van der Waals surface area contributed by atoms with Crippen LogP contribution in [0.25, 0.3) is 0 Å². The molecular weight excluding hydrogens is 246 g/mol. The standard InChI is InChI=1S/C18H37NO/c1-13(2)11-18(9,10)15(20)19-14(17(6,7)8)12-16(3,4)5/h13-14H,11-12H2,1-10H3,(H,19,20). The molecule has 0 saturated carbocycles. The smallest absolute Gasteiger partial charge is 0.225 e. The summed E-state index contributed by atoms with van der Waals surface area (Å²) in [5.74, 6) is 0.724. The highest BCUT2D eigenvalue weighted by atomic mass is 16.2. The van der Waals surface area contributed by atoms with E-state index in [0.29, 0.717) is 5.92 Å². The van der Waals surface area contributed by atoms with Crippen LogP contribution in [0.2, 0.25) is 0 Å². The van der Waals surface area contributed by atoms with Gasteiger partial charge < -0.3 is 5.32 Å². The molecule has 0 bridgehead atoms. The molecule has 1 unspecified atom stereocenters. The summed E-state index contributed by atoms with van der Waals surface area (Å²) in [6, 6.07) is 0.210. The van der Waals surface area contributed by atoms with Crippen LogP contribution in [0.1, 0.15) is 82.1 Å². The molecule has 0 aliphatic heterocycles. The van der Waals surface area contributed by atoms with Crippen molar-refractivity contribution in [3.63, 3.8) is 0 Å². The topological polar surface area (TPSA) is 29.1 Å². The minimum atomic E-state index is -0.296. The average molecular weight is 284 g/mol. The van der Waals surface area contributed by atoms with Gasteiger partial charge in [0.25, 0.3) is 0 Å². The van der Waals surface area contributed by atoms with Gasteiger partial charge >= 0.3 is 0 Å². The molecule has 0 aromatic rings. The zero-order valence-corrected chi connectivity index (χ0v) is 15.5. The van der Waals surface area contributed by atoms with E-state index in [4.69, 9.17) is 0 Å². The predicted molar refractivity (Wildman–Crippen MR) is 88.7 cm³/mol. The van der Waals surface area contributed by atoms with Gasteiger partial charge in [-0.3, -0.25) is 4.79 Å². The Kier molecular flexibility index (Phi) is 6.32. The third-order valence-electron chi connectivity index (χ3n) is 3.70. The molecule has 0 spiro atoms. The maximum absolute atomic E-state index is 12.6. The molecule has 0 aliphatic carbocycles. The highest BCUT2D eigenvalue weighted by Crippen LogP contribution is 2.32. The normalized spacial score (nSPS) is 15.3. The van der Waals surface area contributed by atoms with E-state index >= 15 is 0 Å². The maximum Gasteiger partial charge on any atom is 0.225 e. The van der Waals surface area contributed by atoms with Gasteiger partial charge in [0.05, 0.1) is 0 Å². The second-order valence-corrected chi connectivity index (χ2v) is 9.64. The zero-order valence-electron chi connectivity index (χ0n) is 15.5. The quantitative estimate of drug-likeness (QED) is 0.753. The van der Waals surface area contributed by atoms with E-state index in [1.807, 2.05) is 0 Å². The first-order valence-corrected chi connectivity index (χ1v) is 7.96. The Balaban J connectivity index is 4.96. The molecule has 0 aromatic carbocycles. The summed E-state index contributed by atoms with van der Waals surface area (Å²) in [6.45, 7) is 21.8. The first-order valence-electron chi connectivity index (χ1n) is 7.96. The minimum absolute atomic E-state index is 0.0802. The van der Waals surface area contributed by atoms with Crippen molar-refractivity contribution in [3.05, 3.63) is 0 Å². The van der Waals surface area contributed by atoms with Crippen molar-refractivity contribution in [2.24, 2.45) is 22.2 Å². The number of carbonyl (C=O) groups excluding carboxylic acids is 1. The van der Waals surface area contributed by atoms with Crippen LogP contribution in [-0.2, 0) is 4.79 Å². The number of hydrogen-bond acceptors (Lipinski definition) is 1. The molecule has 0 saturated heterocycles. The average Bonchev–Trinajstić information content (AvgIpc) is 2.10. The maximum atomic E-state index is 12.6. The second-order valence-electron chi connectivity index (χ2n) is 9.64. The molecule has 0 fully saturated rings. The van der Waals surface area contributed by atoms with E-state index in [-0.39, 0.29) is 28.2 Å². The molecule has 0 rings (SSSR count). The Labute approximate surface area is 127 Å². The Hall–Kier alpha value is -0.530. The van der Waals surface area contributed by atoms with Crippen LogP contribution in [0.15, 0.2) is 0 Å². The van der Waals surface area contributed by atoms with Crippen molar-refractivity contribution >= 4 is 5.91 Å². The van der Waals surface area contributed by atoms with E-state index in [2.05, 4.69) is 74.6 Å². The van der Waals surface area contributed by atoms with Crippen LogP contribution in [0.4, 0.5) is 0 Å². The number of rotatable bonds is 5. The molecule has 0 radical (unpaired) electrons. The van der Waals surface area contributed by atoms with Crippen molar-refractivity contribution in [2.45, 2.75) is 88.1 Å². The van der Waals surface area contributed by atoms with Gasteiger partial charge in [-0.1, -0.05) is 69.2 Å². The van der Waals surface area contributed by atoms with Gasteiger partial charge in [0, 0.05) is 11.5 Å². The van der Waals surface area contributed by atoms with Crippen LogP contribution >= 0.6 is 0 Å². The number of hydrogen-bond donors (Lipinski definition) is 1. The Morgan fingerprint density at radius 3 is 1.65 bits per heavy atom. The van der Waals surface area contributed by atoms with Crippen LogP contribution in [-0.4, -0.2) is 11.9 Å². The van der Waals surface area contributed by atoms with Gasteiger partial charge in [-0.15, -0.1) is 0 Å². The van der Waals surface area contributed by atoms with Gasteiger partial charge in [-0.25, -0.2) is 0 Å². The number of amides is 1.